The second-order valence-electron chi connectivity index (χ2n) is 5.66. The summed E-state index contributed by atoms with van der Waals surface area (Å²) < 4.78 is 5.55. The molecule has 0 unspecified atom stereocenters. The Hall–Kier alpha value is -1.84. The minimum Gasteiger partial charge on any atom is -0.483 e. The number of hydrogen-bond acceptors (Lipinski definition) is 3. The standard InChI is InChI=1S/C17H23NO3/c1-13-7-6-8-14(11-19)17(13)21-12-16(20)18-15-9-4-2-3-5-10-15/h6-8,11,15H,2-5,9-10,12H2,1H3,(H,18,20). The molecule has 0 bridgehead atoms. The number of amides is 1. The van der Waals surface area contributed by atoms with Crippen LogP contribution >= 0.6 is 0 Å². The summed E-state index contributed by atoms with van der Waals surface area (Å²) in [7, 11) is 0. The van der Waals surface area contributed by atoms with Gasteiger partial charge in [0.2, 0.25) is 0 Å². The Balaban J connectivity index is 1.87. The maximum absolute atomic E-state index is 12.0. The van der Waals surface area contributed by atoms with Gasteiger partial charge in [0.15, 0.2) is 12.9 Å². The summed E-state index contributed by atoms with van der Waals surface area (Å²) >= 11 is 0. The number of ether oxygens (including phenoxy) is 1. The summed E-state index contributed by atoms with van der Waals surface area (Å²) in [6, 6.07) is 5.63. The van der Waals surface area contributed by atoms with E-state index in [1.807, 2.05) is 13.0 Å². The number of carbonyl (C=O) groups is 2. The Kier molecular flexibility index (Phi) is 5.78. The molecular formula is C17H23NO3. The minimum atomic E-state index is -0.109. The van der Waals surface area contributed by atoms with E-state index >= 15 is 0 Å². The van der Waals surface area contributed by atoms with Gasteiger partial charge in [-0.25, -0.2) is 0 Å². The molecule has 1 aliphatic carbocycles. The Bertz CT molecular complexity index is 491. The van der Waals surface area contributed by atoms with Crippen LogP contribution < -0.4 is 10.1 Å². The number of rotatable bonds is 5. The molecule has 0 heterocycles. The van der Waals surface area contributed by atoms with Gasteiger partial charge in [-0.15, -0.1) is 0 Å². The van der Waals surface area contributed by atoms with E-state index < -0.39 is 0 Å². The van der Waals surface area contributed by atoms with Gasteiger partial charge in [-0.2, -0.15) is 0 Å². The fraction of sp³-hybridized carbons (Fsp3) is 0.529. The first-order valence-electron chi connectivity index (χ1n) is 7.67. The molecule has 1 aromatic rings. The summed E-state index contributed by atoms with van der Waals surface area (Å²) in [6.45, 7) is 1.83. The highest BCUT2D eigenvalue weighted by molar-refractivity contribution is 5.81. The minimum absolute atomic E-state index is 0.0395. The molecule has 4 heteroatoms. The summed E-state index contributed by atoms with van der Waals surface area (Å²) in [4.78, 5) is 23.0. The fourth-order valence-electron chi connectivity index (χ4n) is 2.80. The largest absolute Gasteiger partial charge is 0.483 e. The molecule has 1 saturated carbocycles. The SMILES string of the molecule is Cc1cccc(C=O)c1OCC(=O)NC1CCCCCC1. The second-order valence-corrected chi connectivity index (χ2v) is 5.66. The molecule has 1 fully saturated rings. The van der Waals surface area contributed by atoms with E-state index in [4.69, 9.17) is 4.74 Å². The van der Waals surface area contributed by atoms with E-state index in [-0.39, 0.29) is 18.6 Å². The molecule has 0 aliphatic heterocycles. The molecule has 4 nitrogen and oxygen atoms in total. The van der Waals surface area contributed by atoms with Crippen LogP contribution in [-0.2, 0) is 4.79 Å². The number of hydrogen-bond donors (Lipinski definition) is 1. The van der Waals surface area contributed by atoms with Crippen LogP contribution in [0, 0.1) is 6.92 Å². The third-order valence-electron chi connectivity index (χ3n) is 3.94. The van der Waals surface area contributed by atoms with Crippen LogP contribution in [0.5, 0.6) is 5.75 Å². The van der Waals surface area contributed by atoms with E-state index in [1.54, 1.807) is 12.1 Å². The zero-order valence-electron chi connectivity index (χ0n) is 12.6. The van der Waals surface area contributed by atoms with Gasteiger partial charge >= 0.3 is 0 Å². The third kappa shape index (κ3) is 4.59. The molecule has 0 aromatic heterocycles. The normalized spacial score (nSPS) is 16.0. The Morgan fingerprint density at radius 2 is 2.00 bits per heavy atom. The lowest BCUT2D eigenvalue weighted by Crippen LogP contribution is -2.37. The van der Waals surface area contributed by atoms with Crippen LogP contribution in [0.4, 0.5) is 0 Å². The summed E-state index contributed by atoms with van der Waals surface area (Å²) in [6.07, 6.45) is 7.73. The fourth-order valence-corrected chi connectivity index (χ4v) is 2.80. The highest BCUT2D eigenvalue weighted by Gasteiger charge is 2.15. The topological polar surface area (TPSA) is 55.4 Å². The van der Waals surface area contributed by atoms with Gasteiger partial charge in [-0.05, 0) is 31.4 Å². The summed E-state index contributed by atoms with van der Waals surface area (Å²) in [5.74, 6) is 0.394. The lowest BCUT2D eigenvalue weighted by Gasteiger charge is -2.17. The molecule has 114 valence electrons. The first kappa shape index (κ1) is 15.5. The van der Waals surface area contributed by atoms with Gasteiger partial charge in [0.05, 0.1) is 5.56 Å². The van der Waals surface area contributed by atoms with Crippen LogP contribution in [0.2, 0.25) is 0 Å². The molecule has 0 atom stereocenters. The van der Waals surface area contributed by atoms with E-state index in [1.165, 1.54) is 25.7 Å². The van der Waals surface area contributed by atoms with Crippen LogP contribution in [0.15, 0.2) is 18.2 Å². The van der Waals surface area contributed by atoms with Crippen molar-refractivity contribution in [1.29, 1.82) is 0 Å². The first-order valence-corrected chi connectivity index (χ1v) is 7.67. The van der Waals surface area contributed by atoms with Gasteiger partial charge in [-0.3, -0.25) is 9.59 Å². The quantitative estimate of drug-likeness (QED) is 0.669. The van der Waals surface area contributed by atoms with Crippen LogP contribution in [0.1, 0.15) is 54.4 Å². The summed E-state index contributed by atoms with van der Waals surface area (Å²) in [5, 5.41) is 3.03. The molecular weight excluding hydrogens is 266 g/mol. The number of carbonyl (C=O) groups excluding carboxylic acids is 2. The van der Waals surface area contributed by atoms with E-state index in [9.17, 15) is 9.59 Å². The van der Waals surface area contributed by atoms with Crippen molar-refractivity contribution in [1.82, 2.24) is 5.32 Å². The van der Waals surface area contributed by atoms with Gasteiger partial charge in [0.1, 0.15) is 5.75 Å². The smallest absolute Gasteiger partial charge is 0.258 e. The van der Waals surface area contributed by atoms with Crippen molar-refractivity contribution in [2.24, 2.45) is 0 Å². The van der Waals surface area contributed by atoms with E-state index in [0.29, 0.717) is 11.3 Å². The van der Waals surface area contributed by atoms with Crippen molar-refractivity contribution in [2.45, 2.75) is 51.5 Å². The zero-order chi connectivity index (χ0) is 15.1. The van der Waals surface area contributed by atoms with Gasteiger partial charge in [0, 0.05) is 6.04 Å². The van der Waals surface area contributed by atoms with E-state index in [2.05, 4.69) is 5.32 Å². The van der Waals surface area contributed by atoms with Crippen molar-refractivity contribution >= 4 is 12.2 Å². The Labute approximate surface area is 125 Å². The number of benzene rings is 1. The molecule has 21 heavy (non-hydrogen) atoms. The van der Waals surface area contributed by atoms with Gasteiger partial charge in [0.25, 0.3) is 5.91 Å². The first-order chi connectivity index (χ1) is 10.2. The Morgan fingerprint density at radius 3 is 2.67 bits per heavy atom. The number of aldehydes is 1. The lowest BCUT2D eigenvalue weighted by molar-refractivity contribution is -0.123. The molecule has 1 amide bonds. The van der Waals surface area contributed by atoms with Crippen molar-refractivity contribution in [2.75, 3.05) is 6.61 Å². The molecule has 0 saturated heterocycles. The predicted molar refractivity (Wildman–Crippen MR) is 81.7 cm³/mol. The van der Waals surface area contributed by atoms with Crippen molar-refractivity contribution in [3.8, 4) is 5.75 Å². The van der Waals surface area contributed by atoms with Crippen LogP contribution in [0.25, 0.3) is 0 Å². The maximum Gasteiger partial charge on any atom is 0.258 e. The maximum atomic E-state index is 12.0. The summed E-state index contributed by atoms with van der Waals surface area (Å²) in [5.41, 5.74) is 1.35. The molecule has 1 N–H and O–H groups in total. The lowest BCUT2D eigenvalue weighted by atomic mass is 10.1. The predicted octanol–water partition coefficient (Wildman–Crippen LogP) is 3.03. The molecule has 1 aromatic carbocycles. The third-order valence-corrected chi connectivity index (χ3v) is 3.94. The second kappa shape index (κ2) is 7.81. The average Bonchev–Trinajstić information content (AvgIpc) is 2.74. The Morgan fingerprint density at radius 1 is 1.29 bits per heavy atom. The molecule has 0 radical (unpaired) electrons. The van der Waals surface area contributed by atoms with Crippen LogP contribution in [0.3, 0.4) is 0 Å². The zero-order valence-corrected chi connectivity index (χ0v) is 12.6. The van der Waals surface area contributed by atoms with Gasteiger partial charge in [-0.1, -0.05) is 37.8 Å². The number of para-hydroxylation sites is 1. The van der Waals surface area contributed by atoms with Crippen molar-refractivity contribution in [3.05, 3.63) is 29.3 Å². The highest BCUT2D eigenvalue weighted by atomic mass is 16.5. The van der Waals surface area contributed by atoms with Crippen molar-refractivity contribution < 1.29 is 14.3 Å². The molecule has 1 aliphatic rings. The molecule has 0 spiro atoms. The monoisotopic (exact) mass is 289 g/mol. The molecule has 2 rings (SSSR count). The highest BCUT2D eigenvalue weighted by Crippen LogP contribution is 2.22. The van der Waals surface area contributed by atoms with Crippen LogP contribution in [-0.4, -0.2) is 24.8 Å². The average molecular weight is 289 g/mol. The van der Waals surface area contributed by atoms with E-state index in [0.717, 1.165) is 24.7 Å². The number of aryl methyl sites for hydroxylation is 1. The number of nitrogens with one attached hydrogen (secondary N) is 1. The van der Waals surface area contributed by atoms with Gasteiger partial charge < -0.3 is 10.1 Å². The van der Waals surface area contributed by atoms with Crippen molar-refractivity contribution in [3.63, 3.8) is 0 Å².